The normalized spacial score (nSPS) is 11.2. The second-order valence-corrected chi connectivity index (χ2v) is 8.30. The monoisotopic (exact) mass is 479 g/mol. The Morgan fingerprint density at radius 2 is 1.03 bits per heavy atom. The second kappa shape index (κ2) is 21.6. The van der Waals surface area contributed by atoms with Gasteiger partial charge in [-0.1, -0.05) is 109 Å². The van der Waals surface area contributed by atoms with Gasteiger partial charge in [-0.3, -0.25) is 0 Å². The van der Waals surface area contributed by atoms with Crippen molar-refractivity contribution in [3.8, 4) is 0 Å². The average molecular weight is 480 g/mol. The van der Waals surface area contributed by atoms with Crippen LogP contribution in [0, 0.1) is 0 Å². The third-order valence-electron chi connectivity index (χ3n) is 3.67. The SMILES string of the molecule is C=C(/C=C\C(=C)C(=C)/C(F)=C(/F)C(=C)C(=C)/C=C\C(=C)CC)CC.CCC.COSN(C)C. The molecular formula is C28H43F2NOS. The third kappa shape index (κ3) is 19.0. The Hall–Kier alpha value is -2.21. The Balaban J connectivity index is -0.000000842. The average Bonchev–Trinajstić information content (AvgIpc) is 2.79. The van der Waals surface area contributed by atoms with E-state index in [9.17, 15) is 8.78 Å². The summed E-state index contributed by atoms with van der Waals surface area (Å²) in [6, 6.07) is 0. The van der Waals surface area contributed by atoms with Crippen molar-refractivity contribution in [2.75, 3.05) is 21.2 Å². The van der Waals surface area contributed by atoms with Crippen molar-refractivity contribution in [1.82, 2.24) is 4.31 Å². The molecule has 0 atom stereocenters. The molecule has 0 aromatic carbocycles. The van der Waals surface area contributed by atoms with E-state index in [4.69, 9.17) is 0 Å². The van der Waals surface area contributed by atoms with E-state index < -0.39 is 11.7 Å². The highest BCUT2D eigenvalue weighted by Crippen LogP contribution is 2.29. The fourth-order valence-electron chi connectivity index (χ4n) is 1.57. The molecule has 0 saturated carbocycles. The van der Waals surface area contributed by atoms with Gasteiger partial charge in [0, 0.05) is 11.1 Å². The first-order valence-corrected chi connectivity index (χ1v) is 11.5. The summed E-state index contributed by atoms with van der Waals surface area (Å²) in [5, 5.41) is 0. The molecule has 0 aromatic heterocycles. The van der Waals surface area contributed by atoms with Crippen molar-refractivity contribution in [3.63, 3.8) is 0 Å². The third-order valence-corrected chi connectivity index (χ3v) is 4.12. The van der Waals surface area contributed by atoms with Crippen molar-refractivity contribution in [2.24, 2.45) is 0 Å². The van der Waals surface area contributed by atoms with Gasteiger partial charge in [0.25, 0.3) is 0 Å². The minimum absolute atomic E-state index is 0.136. The van der Waals surface area contributed by atoms with Gasteiger partial charge in [0.2, 0.25) is 0 Å². The summed E-state index contributed by atoms with van der Waals surface area (Å²) in [5.74, 6) is -2.19. The predicted octanol–water partition coefficient (Wildman–Crippen LogP) is 9.58. The molecule has 186 valence electrons. The predicted molar refractivity (Wildman–Crippen MR) is 147 cm³/mol. The molecule has 0 unspecified atom stereocenters. The molecule has 0 radical (unpaired) electrons. The summed E-state index contributed by atoms with van der Waals surface area (Å²) < 4.78 is 35.1. The first-order chi connectivity index (χ1) is 15.3. The van der Waals surface area contributed by atoms with Gasteiger partial charge in [-0.15, -0.1) is 0 Å². The molecule has 0 bridgehead atoms. The van der Waals surface area contributed by atoms with Gasteiger partial charge in [-0.05, 0) is 38.1 Å². The van der Waals surface area contributed by atoms with Crippen LogP contribution in [0.2, 0.25) is 0 Å². The van der Waals surface area contributed by atoms with Crippen molar-refractivity contribution in [1.29, 1.82) is 0 Å². The van der Waals surface area contributed by atoms with Gasteiger partial charge in [0.05, 0.1) is 19.3 Å². The maximum atomic E-state index is 14.3. The smallest absolute Gasteiger partial charge is 0.166 e. The number of allylic oxidation sites excluding steroid dienone is 12. The Morgan fingerprint density at radius 3 is 1.21 bits per heavy atom. The van der Waals surface area contributed by atoms with Gasteiger partial charge >= 0.3 is 0 Å². The summed E-state index contributed by atoms with van der Waals surface area (Å²) in [7, 11) is 5.49. The molecule has 0 fully saturated rings. The van der Waals surface area contributed by atoms with E-state index in [-0.39, 0.29) is 22.3 Å². The molecule has 2 nitrogen and oxygen atoms in total. The van der Waals surface area contributed by atoms with Crippen LogP contribution >= 0.6 is 12.2 Å². The molecule has 0 heterocycles. The zero-order chi connectivity index (χ0) is 26.6. The fourth-order valence-corrected chi connectivity index (χ4v) is 1.87. The number of rotatable bonds is 12. The molecular weight excluding hydrogens is 436 g/mol. The molecule has 0 aliphatic heterocycles. The topological polar surface area (TPSA) is 12.5 Å². The highest BCUT2D eigenvalue weighted by molar-refractivity contribution is 7.92. The van der Waals surface area contributed by atoms with Crippen LogP contribution < -0.4 is 0 Å². The highest BCUT2D eigenvalue weighted by Gasteiger charge is 2.15. The first-order valence-electron chi connectivity index (χ1n) is 10.8. The van der Waals surface area contributed by atoms with E-state index in [1.807, 2.05) is 32.2 Å². The van der Waals surface area contributed by atoms with E-state index in [1.54, 1.807) is 31.4 Å². The molecule has 0 saturated heterocycles. The van der Waals surface area contributed by atoms with Crippen LogP contribution in [0.5, 0.6) is 0 Å². The molecule has 0 amide bonds. The zero-order valence-corrected chi connectivity index (χ0v) is 22.5. The summed E-state index contributed by atoms with van der Waals surface area (Å²) in [5.41, 5.74) is 1.98. The van der Waals surface area contributed by atoms with E-state index >= 15 is 0 Å². The maximum absolute atomic E-state index is 14.3. The molecule has 0 aromatic rings. The van der Waals surface area contributed by atoms with Crippen LogP contribution in [0.1, 0.15) is 47.0 Å². The lowest BCUT2D eigenvalue weighted by molar-refractivity contribution is 0.457. The van der Waals surface area contributed by atoms with E-state index in [0.717, 1.165) is 24.0 Å². The molecule has 0 spiro atoms. The van der Waals surface area contributed by atoms with Crippen molar-refractivity contribution < 1.29 is 13.0 Å². The quantitative estimate of drug-likeness (QED) is 0.157. The Bertz CT molecular complexity index is 713. The van der Waals surface area contributed by atoms with Crippen molar-refractivity contribution in [3.05, 3.63) is 109 Å². The summed E-state index contributed by atoms with van der Waals surface area (Å²) in [6.45, 7) is 30.2. The highest BCUT2D eigenvalue weighted by atomic mass is 32.2. The number of nitrogens with zero attached hydrogens (tertiary/aromatic N) is 1. The molecule has 0 N–H and O–H groups in total. The van der Waals surface area contributed by atoms with Crippen molar-refractivity contribution in [2.45, 2.75) is 47.0 Å². The summed E-state index contributed by atoms with van der Waals surface area (Å²) >= 11 is 1.32. The lowest BCUT2D eigenvalue weighted by Gasteiger charge is -2.08. The van der Waals surface area contributed by atoms with Crippen LogP contribution in [0.15, 0.2) is 109 Å². The Morgan fingerprint density at radius 1 is 0.727 bits per heavy atom. The minimum Gasteiger partial charge on any atom is -0.304 e. The molecule has 5 heteroatoms. The van der Waals surface area contributed by atoms with Gasteiger partial charge < -0.3 is 4.18 Å². The first kappa shape index (κ1) is 35.4. The van der Waals surface area contributed by atoms with Crippen LogP contribution in [-0.2, 0) is 4.18 Å². The standard InChI is InChI=1S/C22H26F2.C3H9NOS.C3H8/c1-9-15(3)11-13-17(5)19(7)21(23)22(24)20(8)18(6)14-12-16(4)10-2;1-4(2)6-5-3;1-3-2/h11-14H,3-10H2,1-2H3;1-3H3;3H2,1-2H3/b13-11-,14-12-,22-21-;;. The van der Waals surface area contributed by atoms with Gasteiger partial charge in [0.1, 0.15) is 0 Å². The number of hydrogen-bond acceptors (Lipinski definition) is 3. The van der Waals surface area contributed by atoms with Crippen LogP contribution in [0.3, 0.4) is 0 Å². The maximum Gasteiger partial charge on any atom is 0.166 e. The number of halogens is 2. The van der Waals surface area contributed by atoms with Gasteiger partial charge in [-0.2, -0.15) is 0 Å². The lowest BCUT2D eigenvalue weighted by Crippen LogP contribution is -1.98. The van der Waals surface area contributed by atoms with Gasteiger partial charge in [-0.25, -0.2) is 13.1 Å². The summed E-state index contributed by atoms with van der Waals surface area (Å²) in [4.78, 5) is 0. The van der Waals surface area contributed by atoms with Crippen LogP contribution in [-0.4, -0.2) is 25.5 Å². The zero-order valence-electron chi connectivity index (χ0n) is 21.7. The molecule has 0 aliphatic carbocycles. The minimum atomic E-state index is -1.10. The molecule has 0 aliphatic rings. The number of hydrogen-bond donors (Lipinski definition) is 0. The Kier molecular flexibility index (Phi) is 23.2. The van der Waals surface area contributed by atoms with Crippen molar-refractivity contribution >= 4 is 12.2 Å². The van der Waals surface area contributed by atoms with E-state index in [2.05, 4.69) is 57.5 Å². The van der Waals surface area contributed by atoms with E-state index in [0.29, 0.717) is 0 Å². The lowest BCUT2D eigenvalue weighted by atomic mass is 10.0. The molecule has 33 heavy (non-hydrogen) atoms. The van der Waals surface area contributed by atoms with Crippen LogP contribution in [0.4, 0.5) is 8.78 Å². The molecule has 0 rings (SSSR count). The second-order valence-electron chi connectivity index (χ2n) is 7.09. The fraction of sp³-hybridized carbons (Fsp3) is 0.357. The summed E-state index contributed by atoms with van der Waals surface area (Å²) in [6.07, 6.45) is 9.29. The Labute approximate surface area is 206 Å². The van der Waals surface area contributed by atoms with Gasteiger partial charge in [0.15, 0.2) is 11.7 Å². The largest absolute Gasteiger partial charge is 0.304 e. The van der Waals surface area contributed by atoms with Crippen LogP contribution in [0.25, 0.3) is 0 Å². The van der Waals surface area contributed by atoms with E-state index in [1.165, 1.54) is 18.6 Å².